The molecule has 0 saturated heterocycles. The minimum absolute atomic E-state index is 0.125. The summed E-state index contributed by atoms with van der Waals surface area (Å²) in [6, 6.07) is 11.9. The summed E-state index contributed by atoms with van der Waals surface area (Å²) in [5.41, 5.74) is 0.949. The van der Waals surface area contributed by atoms with Crippen molar-refractivity contribution in [3.05, 3.63) is 65.5 Å². The topological polar surface area (TPSA) is 49.4 Å². The average Bonchev–Trinajstić information content (AvgIpc) is 2.38. The van der Waals surface area contributed by atoms with Crippen molar-refractivity contribution in [2.75, 3.05) is 0 Å². The minimum atomic E-state index is -1.21. The largest absolute Gasteiger partial charge is 0.545 e. The zero-order valence-electron chi connectivity index (χ0n) is 9.43. The normalized spacial score (nSPS) is 10.1. The van der Waals surface area contributed by atoms with Crippen LogP contribution in [-0.4, -0.2) is 5.97 Å². The van der Waals surface area contributed by atoms with E-state index in [9.17, 15) is 14.3 Å². The molecule has 0 bridgehead atoms. The number of hydrogen-bond donors (Lipinski definition) is 0. The molecule has 0 heterocycles. The zero-order chi connectivity index (χ0) is 13.0. The van der Waals surface area contributed by atoms with Gasteiger partial charge in [-0.05, 0) is 35.4 Å². The van der Waals surface area contributed by atoms with Crippen LogP contribution in [0.25, 0.3) is 0 Å². The summed E-state index contributed by atoms with van der Waals surface area (Å²) in [7, 11) is 0. The van der Waals surface area contributed by atoms with Gasteiger partial charge in [-0.2, -0.15) is 0 Å². The average molecular weight is 245 g/mol. The number of rotatable bonds is 4. The minimum Gasteiger partial charge on any atom is -0.545 e. The fraction of sp³-hybridized carbons (Fsp3) is 0.0714. The van der Waals surface area contributed by atoms with Crippen molar-refractivity contribution >= 4 is 5.97 Å². The van der Waals surface area contributed by atoms with Crippen LogP contribution in [0.1, 0.15) is 15.9 Å². The monoisotopic (exact) mass is 245 g/mol. The van der Waals surface area contributed by atoms with Crippen LogP contribution in [0.15, 0.2) is 48.5 Å². The molecule has 0 aliphatic rings. The maximum absolute atomic E-state index is 12.7. The van der Waals surface area contributed by atoms with E-state index in [0.29, 0.717) is 12.4 Å². The molecule has 2 aromatic carbocycles. The van der Waals surface area contributed by atoms with Gasteiger partial charge in [-0.15, -0.1) is 0 Å². The molecular formula is C14H10FO3-. The fourth-order valence-corrected chi connectivity index (χ4v) is 1.43. The van der Waals surface area contributed by atoms with Crippen molar-refractivity contribution in [3.63, 3.8) is 0 Å². The molecule has 18 heavy (non-hydrogen) atoms. The van der Waals surface area contributed by atoms with E-state index in [-0.39, 0.29) is 11.4 Å². The number of carbonyl (C=O) groups excluding carboxylic acids is 1. The number of carboxylic acid groups (broad SMARTS) is 1. The van der Waals surface area contributed by atoms with Crippen LogP contribution >= 0.6 is 0 Å². The smallest absolute Gasteiger partial charge is 0.123 e. The zero-order valence-corrected chi connectivity index (χ0v) is 9.43. The van der Waals surface area contributed by atoms with Crippen molar-refractivity contribution in [3.8, 4) is 5.75 Å². The molecule has 0 unspecified atom stereocenters. The molecule has 0 aliphatic carbocycles. The van der Waals surface area contributed by atoms with Crippen LogP contribution in [-0.2, 0) is 6.61 Å². The molecule has 0 radical (unpaired) electrons. The second kappa shape index (κ2) is 5.31. The van der Waals surface area contributed by atoms with E-state index in [1.807, 2.05) is 0 Å². The van der Waals surface area contributed by atoms with Gasteiger partial charge in [-0.25, -0.2) is 4.39 Å². The maximum Gasteiger partial charge on any atom is 0.123 e. The highest BCUT2D eigenvalue weighted by Crippen LogP contribution is 2.13. The molecule has 4 heteroatoms. The molecule has 0 aliphatic heterocycles. The standard InChI is InChI=1S/C14H11FO3/c15-12-5-7-13(8-6-12)18-9-10-1-3-11(4-2-10)14(16)17/h1-8H,9H2,(H,16,17)/p-1. The first-order valence-electron chi connectivity index (χ1n) is 5.34. The molecule has 2 rings (SSSR count). The van der Waals surface area contributed by atoms with Gasteiger partial charge in [0, 0.05) is 0 Å². The number of carbonyl (C=O) groups is 1. The van der Waals surface area contributed by atoms with Crippen LogP contribution in [0, 0.1) is 5.82 Å². The first-order valence-corrected chi connectivity index (χ1v) is 5.34. The Labute approximate surface area is 103 Å². The van der Waals surface area contributed by atoms with E-state index < -0.39 is 5.97 Å². The van der Waals surface area contributed by atoms with E-state index in [0.717, 1.165) is 5.56 Å². The van der Waals surface area contributed by atoms with Crippen LogP contribution in [0.5, 0.6) is 5.75 Å². The molecule has 0 saturated carbocycles. The van der Waals surface area contributed by atoms with Crippen molar-refractivity contribution in [1.29, 1.82) is 0 Å². The summed E-state index contributed by atoms with van der Waals surface area (Å²) >= 11 is 0. The summed E-state index contributed by atoms with van der Waals surface area (Å²) in [4.78, 5) is 10.5. The van der Waals surface area contributed by atoms with Gasteiger partial charge in [-0.3, -0.25) is 0 Å². The Kier molecular flexibility index (Phi) is 3.57. The Morgan fingerprint density at radius 3 is 2.22 bits per heavy atom. The van der Waals surface area contributed by atoms with Gasteiger partial charge in [0.05, 0.1) is 5.97 Å². The summed E-state index contributed by atoms with van der Waals surface area (Å²) in [6.45, 7) is 0.291. The van der Waals surface area contributed by atoms with Crippen LogP contribution in [0.3, 0.4) is 0 Å². The molecule has 2 aromatic rings. The molecular weight excluding hydrogens is 235 g/mol. The van der Waals surface area contributed by atoms with Crippen molar-refractivity contribution in [1.82, 2.24) is 0 Å². The highest BCUT2D eigenvalue weighted by Gasteiger charge is 1.98. The summed E-state index contributed by atoms with van der Waals surface area (Å²) in [5, 5.41) is 10.5. The fourth-order valence-electron chi connectivity index (χ4n) is 1.43. The lowest BCUT2D eigenvalue weighted by Crippen LogP contribution is -2.22. The molecule has 0 N–H and O–H groups in total. The van der Waals surface area contributed by atoms with Crippen LogP contribution in [0.4, 0.5) is 4.39 Å². The molecule has 0 atom stereocenters. The molecule has 0 fully saturated rings. The molecule has 92 valence electrons. The van der Waals surface area contributed by atoms with E-state index in [1.165, 1.54) is 36.4 Å². The number of carboxylic acids is 1. The van der Waals surface area contributed by atoms with Crippen LogP contribution in [0.2, 0.25) is 0 Å². The predicted octanol–water partition coefficient (Wildman–Crippen LogP) is 1.77. The number of halogens is 1. The number of benzene rings is 2. The lowest BCUT2D eigenvalue weighted by atomic mass is 10.1. The van der Waals surface area contributed by atoms with Gasteiger partial charge < -0.3 is 14.6 Å². The second-order valence-corrected chi connectivity index (χ2v) is 3.73. The van der Waals surface area contributed by atoms with Gasteiger partial charge in [0.15, 0.2) is 0 Å². The first kappa shape index (κ1) is 12.1. The first-order chi connectivity index (χ1) is 8.65. The lowest BCUT2D eigenvalue weighted by Gasteiger charge is -2.07. The second-order valence-electron chi connectivity index (χ2n) is 3.73. The molecule has 0 spiro atoms. The van der Waals surface area contributed by atoms with Gasteiger partial charge >= 0.3 is 0 Å². The SMILES string of the molecule is O=C([O-])c1ccc(COc2ccc(F)cc2)cc1. The number of hydrogen-bond acceptors (Lipinski definition) is 3. The van der Waals surface area contributed by atoms with E-state index in [1.54, 1.807) is 12.1 Å². The Balaban J connectivity index is 1.97. The Morgan fingerprint density at radius 2 is 1.67 bits per heavy atom. The Bertz CT molecular complexity index is 532. The summed E-state index contributed by atoms with van der Waals surface area (Å²) in [5.74, 6) is -0.970. The number of aromatic carboxylic acids is 1. The Hall–Kier alpha value is -2.36. The van der Waals surface area contributed by atoms with E-state index in [4.69, 9.17) is 4.74 Å². The third kappa shape index (κ3) is 3.07. The summed E-state index contributed by atoms with van der Waals surface area (Å²) < 4.78 is 18.1. The highest BCUT2D eigenvalue weighted by molar-refractivity contribution is 5.85. The quantitative estimate of drug-likeness (QED) is 0.824. The van der Waals surface area contributed by atoms with Gasteiger partial charge in [0.25, 0.3) is 0 Å². The third-order valence-electron chi connectivity index (χ3n) is 2.41. The van der Waals surface area contributed by atoms with E-state index >= 15 is 0 Å². The Morgan fingerprint density at radius 1 is 1.06 bits per heavy atom. The lowest BCUT2D eigenvalue weighted by molar-refractivity contribution is -0.255. The molecule has 0 aromatic heterocycles. The van der Waals surface area contributed by atoms with Gasteiger partial charge in [0.1, 0.15) is 18.2 Å². The van der Waals surface area contributed by atoms with Gasteiger partial charge in [0.2, 0.25) is 0 Å². The van der Waals surface area contributed by atoms with Crippen molar-refractivity contribution < 1.29 is 19.0 Å². The predicted molar refractivity (Wildman–Crippen MR) is 61.5 cm³/mol. The third-order valence-corrected chi connectivity index (χ3v) is 2.41. The summed E-state index contributed by atoms with van der Waals surface area (Å²) in [6.07, 6.45) is 0. The van der Waals surface area contributed by atoms with Crippen molar-refractivity contribution in [2.45, 2.75) is 6.61 Å². The van der Waals surface area contributed by atoms with Crippen LogP contribution < -0.4 is 9.84 Å². The van der Waals surface area contributed by atoms with Crippen molar-refractivity contribution in [2.24, 2.45) is 0 Å². The maximum atomic E-state index is 12.7. The number of ether oxygens (including phenoxy) is 1. The van der Waals surface area contributed by atoms with Gasteiger partial charge in [-0.1, -0.05) is 24.3 Å². The highest BCUT2D eigenvalue weighted by atomic mass is 19.1. The van der Waals surface area contributed by atoms with E-state index in [2.05, 4.69) is 0 Å². The molecule has 3 nitrogen and oxygen atoms in total. The molecule has 0 amide bonds.